The number of aromatic nitrogens is 2. The lowest BCUT2D eigenvalue weighted by molar-refractivity contribution is 0.891. The van der Waals surface area contributed by atoms with Crippen molar-refractivity contribution in [3.8, 4) is 5.69 Å². The fourth-order valence-corrected chi connectivity index (χ4v) is 2.01. The normalized spacial score (nSPS) is 10.7. The van der Waals surface area contributed by atoms with Crippen molar-refractivity contribution in [3.63, 3.8) is 0 Å². The van der Waals surface area contributed by atoms with Crippen LogP contribution < -0.4 is 5.73 Å². The molecule has 0 spiro atoms. The molecule has 0 aliphatic heterocycles. The molecule has 0 bridgehead atoms. The predicted octanol–water partition coefficient (Wildman–Crippen LogP) is 3.14. The van der Waals surface area contributed by atoms with Crippen molar-refractivity contribution in [1.82, 2.24) is 9.78 Å². The van der Waals surface area contributed by atoms with Gasteiger partial charge in [0, 0.05) is 5.56 Å². The molecular formula is C11H10Cl2N3. The molecule has 1 heterocycles. The van der Waals surface area contributed by atoms with Crippen LogP contribution in [0.1, 0.15) is 5.56 Å². The van der Waals surface area contributed by atoms with Crippen molar-refractivity contribution in [2.24, 2.45) is 0 Å². The molecule has 1 aromatic heterocycles. The van der Waals surface area contributed by atoms with Crippen LogP contribution in [0.25, 0.3) is 5.69 Å². The van der Waals surface area contributed by atoms with Gasteiger partial charge in [0.25, 0.3) is 0 Å². The lowest BCUT2D eigenvalue weighted by Crippen LogP contribution is -2.04. The van der Waals surface area contributed by atoms with Crippen LogP contribution in [0.15, 0.2) is 24.4 Å². The minimum atomic E-state index is 0.512. The number of hydrogen-bond donors (Lipinski definition) is 1. The smallest absolute Gasteiger partial charge is 0.130 e. The molecule has 2 rings (SSSR count). The average molecular weight is 255 g/mol. The van der Waals surface area contributed by atoms with Gasteiger partial charge in [0.1, 0.15) is 11.5 Å². The summed E-state index contributed by atoms with van der Waals surface area (Å²) in [7, 11) is 0. The van der Waals surface area contributed by atoms with Crippen LogP contribution in [0.3, 0.4) is 0 Å². The van der Waals surface area contributed by atoms with Gasteiger partial charge in [-0.2, -0.15) is 5.10 Å². The molecule has 2 N–H and O–H groups in total. The van der Waals surface area contributed by atoms with Crippen molar-refractivity contribution in [2.75, 3.05) is 5.73 Å². The molecule has 0 saturated carbocycles. The number of para-hydroxylation sites is 1. The molecule has 0 atom stereocenters. The summed E-state index contributed by atoms with van der Waals surface area (Å²) in [6, 6.07) is 5.26. The Kier molecular flexibility index (Phi) is 3.08. The lowest BCUT2D eigenvalue weighted by atomic mass is 10.2. The Morgan fingerprint density at radius 1 is 1.31 bits per heavy atom. The molecule has 5 heteroatoms. The molecule has 0 amide bonds. The molecule has 0 unspecified atom stereocenters. The fourth-order valence-electron chi connectivity index (χ4n) is 1.45. The summed E-state index contributed by atoms with van der Waals surface area (Å²) in [5, 5.41) is 5.19. The molecule has 0 aliphatic rings. The SMILES string of the molecule is [CH2]Cc1cnn(-c2c(Cl)cccc2Cl)c1N. The first kappa shape index (κ1) is 11.3. The zero-order chi connectivity index (χ0) is 11.7. The van der Waals surface area contributed by atoms with E-state index in [-0.39, 0.29) is 0 Å². The number of nitrogen functional groups attached to an aromatic ring is 1. The summed E-state index contributed by atoms with van der Waals surface area (Å²) in [5.41, 5.74) is 7.40. The van der Waals surface area contributed by atoms with E-state index < -0.39 is 0 Å². The number of benzene rings is 1. The Balaban J connectivity index is 2.63. The maximum atomic E-state index is 6.07. The summed E-state index contributed by atoms with van der Waals surface area (Å²) in [6.07, 6.45) is 2.25. The maximum Gasteiger partial charge on any atom is 0.130 e. The van der Waals surface area contributed by atoms with Crippen LogP contribution >= 0.6 is 23.2 Å². The Bertz CT molecular complexity index is 500. The van der Waals surface area contributed by atoms with E-state index in [9.17, 15) is 0 Å². The summed E-state index contributed by atoms with van der Waals surface area (Å²) in [6.45, 7) is 3.77. The molecule has 3 nitrogen and oxygen atoms in total. The highest BCUT2D eigenvalue weighted by molar-refractivity contribution is 6.37. The van der Waals surface area contributed by atoms with Crippen LogP contribution in [0.5, 0.6) is 0 Å². The highest BCUT2D eigenvalue weighted by atomic mass is 35.5. The first-order valence-corrected chi connectivity index (χ1v) is 5.46. The predicted molar refractivity (Wildman–Crippen MR) is 67.1 cm³/mol. The van der Waals surface area contributed by atoms with Crippen molar-refractivity contribution in [2.45, 2.75) is 6.42 Å². The first-order valence-electron chi connectivity index (χ1n) is 4.71. The maximum absolute atomic E-state index is 6.07. The monoisotopic (exact) mass is 254 g/mol. The van der Waals surface area contributed by atoms with Crippen molar-refractivity contribution in [1.29, 1.82) is 0 Å². The highest BCUT2D eigenvalue weighted by Crippen LogP contribution is 2.30. The highest BCUT2D eigenvalue weighted by Gasteiger charge is 2.13. The lowest BCUT2D eigenvalue weighted by Gasteiger charge is -2.08. The van der Waals surface area contributed by atoms with E-state index in [4.69, 9.17) is 28.9 Å². The van der Waals surface area contributed by atoms with E-state index in [1.165, 1.54) is 4.68 Å². The van der Waals surface area contributed by atoms with Crippen molar-refractivity contribution >= 4 is 29.0 Å². The van der Waals surface area contributed by atoms with E-state index in [1.807, 2.05) is 0 Å². The standard InChI is InChI=1S/C11H10Cl2N3/c1-2-7-6-15-16(11(7)14)10-8(12)4-3-5-9(10)13/h3-6H,1-2,14H2. The van der Waals surface area contributed by atoms with Gasteiger partial charge in [-0.25, -0.2) is 4.68 Å². The second kappa shape index (κ2) is 4.36. The minimum absolute atomic E-state index is 0.512. The van der Waals surface area contributed by atoms with Gasteiger partial charge in [-0.15, -0.1) is 0 Å². The summed E-state index contributed by atoms with van der Waals surface area (Å²) in [4.78, 5) is 0. The minimum Gasteiger partial charge on any atom is -0.383 e. The van der Waals surface area contributed by atoms with Crippen LogP contribution in [0, 0.1) is 6.92 Å². The zero-order valence-corrected chi connectivity index (χ0v) is 9.96. The molecule has 2 aromatic rings. The fraction of sp³-hybridized carbons (Fsp3) is 0.0909. The quantitative estimate of drug-likeness (QED) is 0.895. The Labute approximate surface area is 104 Å². The molecule has 1 aromatic carbocycles. The number of halogens is 2. The van der Waals surface area contributed by atoms with Gasteiger partial charge in [-0.3, -0.25) is 0 Å². The number of nitrogens with two attached hydrogens (primary N) is 1. The molecule has 0 aliphatic carbocycles. The van der Waals surface area contributed by atoms with Crippen LogP contribution in [0.2, 0.25) is 10.0 Å². The van der Waals surface area contributed by atoms with E-state index in [2.05, 4.69) is 12.0 Å². The second-order valence-corrected chi connectivity index (χ2v) is 4.10. The Morgan fingerprint density at radius 3 is 2.44 bits per heavy atom. The van der Waals surface area contributed by atoms with Crippen molar-refractivity contribution < 1.29 is 0 Å². The number of nitrogens with zero attached hydrogens (tertiary/aromatic N) is 2. The first-order chi connectivity index (χ1) is 7.65. The summed E-state index contributed by atoms with van der Waals surface area (Å²) >= 11 is 12.1. The summed E-state index contributed by atoms with van der Waals surface area (Å²) in [5.74, 6) is 0.519. The van der Waals surface area contributed by atoms with Crippen molar-refractivity contribution in [3.05, 3.63) is 46.9 Å². The largest absolute Gasteiger partial charge is 0.383 e. The molecule has 0 saturated heterocycles. The molecule has 1 radical (unpaired) electrons. The van der Waals surface area contributed by atoms with E-state index in [0.29, 0.717) is 28.0 Å². The zero-order valence-electron chi connectivity index (χ0n) is 8.45. The number of rotatable bonds is 2. The third-order valence-electron chi connectivity index (χ3n) is 2.30. The summed E-state index contributed by atoms with van der Waals surface area (Å²) < 4.78 is 1.53. The van der Waals surface area contributed by atoms with Gasteiger partial charge < -0.3 is 5.73 Å². The number of anilines is 1. The third kappa shape index (κ3) is 1.77. The average Bonchev–Trinajstić information content (AvgIpc) is 2.60. The third-order valence-corrected chi connectivity index (χ3v) is 2.91. The topological polar surface area (TPSA) is 43.8 Å². The van der Waals surface area contributed by atoms with Gasteiger partial charge in [-0.05, 0) is 25.5 Å². The van der Waals surface area contributed by atoms with E-state index in [0.717, 1.165) is 5.56 Å². The van der Waals surface area contributed by atoms with Crippen LogP contribution in [-0.4, -0.2) is 9.78 Å². The number of hydrogen-bond acceptors (Lipinski definition) is 2. The van der Waals surface area contributed by atoms with Gasteiger partial charge in [0.15, 0.2) is 0 Å². The van der Waals surface area contributed by atoms with E-state index in [1.54, 1.807) is 24.4 Å². The molecular weight excluding hydrogens is 245 g/mol. The van der Waals surface area contributed by atoms with Crippen LogP contribution in [0.4, 0.5) is 5.82 Å². The van der Waals surface area contributed by atoms with Crippen LogP contribution in [-0.2, 0) is 6.42 Å². The van der Waals surface area contributed by atoms with Gasteiger partial charge in [0.05, 0.1) is 16.2 Å². The second-order valence-electron chi connectivity index (χ2n) is 3.29. The Morgan fingerprint density at radius 2 is 1.94 bits per heavy atom. The Hall–Kier alpha value is -1.19. The van der Waals surface area contributed by atoms with Gasteiger partial charge in [0.2, 0.25) is 0 Å². The van der Waals surface area contributed by atoms with Gasteiger partial charge in [-0.1, -0.05) is 29.3 Å². The molecule has 16 heavy (non-hydrogen) atoms. The molecule has 0 fully saturated rings. The molecule has 83 valence electrons. The van der Waals surface area contributed by atoms with Gasteiger partial charge >= 0.3 is 0 Å². The van der Waals surface area contributed by atoms with E-state index >= 15 is 0 Å².